The maximum Gasteiger partial charge on any atom is 0.238 e. The lowest BCUT2D eigenvalue weighted by Gasteiger charge is -2.11. The Morgan fingerprint density at radius 2 is 0.737 bits per heavy atom. The Bertz CT molecular complexity index is 3600. The SMILES string of the molecule is c1ccc(-c2nc(-c3ccccc3)nc(-n3c4ccccc4c4c5c6ccccc6n(-c6cc7c8ccccc8n8c9ccccc9c(c6)c78)c5ccc43)n2)cc1. The van der Waals surface area contributed by atoms with Gasteiger partial charge in [-0.2, -0.15) is 9.97 Å². The van der Waals surface area contributed by atoms with Crippen molar-refractivity contribution < 1.29 is 0 Å². The Balaban J connectivity index is 1.14. The largest absolute Gasteiger partial charge is 0.309 e. The highest BCUT2D eigenvalue weighted by Gasteiger charge is 2.24. The van der Waals surface area contributed by atoms with Crippen molar-refractivity contribution in [1.82, 2.24) is 28.5 Å². The molecule has 13 rings (SSSR count). The summed E-state index contributed by atoms with van der Waals surface area (Å²) in [6.45, 7) is 0. The van der Waals surface area contributed by atoms with Gasteiger partial charge < -0.3 is 8.97 Å². The Labute approximate surface area is 325 Å². The van der Waals surface area contributed by atoms with Crippen LogP contribution < -0.4 is 0 Å². The zero-order valence-electron chi connectivity index (χ0n) is 30.5. The maximum absolute atomic E-state index is 5.19. The minimum absolute atomic E-state index is 0.584. The molecule has 0 atom stereocenters. The second-order valence-electron chi connectivity index (χ2n) is 14.8. The predicted molar refractivity (Wildman–Crippen MR) is 234 cm³/mol. The average Bonchev–Trinajstić information content (AvgIpc) is 4.01. The molecule has 0 radical (unpaired) electrons. The highest BCUT2D eigenvalue weighted by atomic mass is 15.2. The van der Waals surface area contributed by atoms with Crippen molar-refractivity contribution in [2.75, 3.05) is 0 Å². The van der Waals surface area contributed by atoms with Gasteiger partial charge in [0.15, 0.2) is 11.6 Å². The molecule has 5 aromatic heterocycles. The molecule has 0 amide bonds. The predicted octanol–water partition coefficient (Wildman–Crippen LogP) is 12.5. The molecule has 0 N–H and O–H groups in total. The zero-order valence-corrected chi connectivity index (χ0v) is 30.5. The monoisotopic (exact) mass is 726 g/mol. The van der Waals surface area contributed by atoms with Crippen LogP contribution in [0.25, 0.3) is 116 Å². The first-order valence-electron chi connectivity index (χ1n) is 19.3. The number of para-hydroxylation sites is 4. The van der Waals surface area contributed by atoms with Gasteiger partial charge in [0.05, 0.1) is 38.6 Å². The van der Waals surface area contributed by atoms with Crippen molar-refractivity contribution in [3.05, 3.63) is 182 Å². The van der Waals surface area contributed by atoms with Crippen LogP contribution in [-0.4, -0.2) is 28.5 Å². The maximum atomic E-state index is 5.19. The molecule has 0 fully saturated rings. The fourth-order valence-corrected chi connectivity index (χ4v) is 9.47. The number of hydrogen-bond donors (Lipinski definition) is 0. The zero-order chi connectivity index (χ0) is 37.2. The summed E-state index contributed by atoms with van der Waals surface area (Å²) in [5.41, 5.74) is 11.2. The molecule has 0 aliphatic rings. The highest BCUT2D eigenvalue weighted by Crippen LogP contribution is 2.45. The van der Waals surface area contributed by atoms with Crippen LogP contribution >= 0.6 is 0 Å². The minimum atomic E-state index is 0.584. The van der Waals surface area contributed by atoms with Gasteiger partial charge in [0.25, 0.3) is 0 Å². The van der Waals surface area contributed by atoms with Crippen molar-refractivity contribution in [1.29, 1.82) is 0 Å². The van der Waals surface area contributed by atoms with Crippen LogP contribution in [0.3, 0.4) is 0 Å². The Morgan fingerprint density at radius 3 is 1.26 bits per heavy atom. The van der Waals surface area contributed by atoms with E-state index in [2.05, 4.69) is 159 Å². The summed E-state index contributed by atoms with van der Waals surface area (Å²) in [5.74, 6) is 1.85. The van der Waals surface area contributed by atoms with Crippen LogP contribution in [-0.2, 0) is 0 Å². The molecule has 13 aromatic rings. The van der Waals surface area contributed by atoms with Gasteiger partial charge in [-0.1, -0.05) is 133 Å². The van der Waals surface area contributed by atoms with Crippen LogP contribution in [0.2, 0.25) is 0 Å². The molecule has 264 valence electrons. The summed E-state index contributed by atoms with van der Waals surface area (Å²) in [4.78, 5) is 15.4. The number of nitrogens with zero attached hydrogens (tertiary/aromatic N) is 6. The van der Waals surface area contributed by atoms with E-state index in [4.69, 9.17) is 15.0 Å². The second kappa shape index (κ2) is 11.4. The van der Waals surface area contributed by atoms with Crippen LogP contribution in [0, 0.1) is 0 Å². The third-order valence-corrected chi connectivity index (χ3v) is 11.8. The molecule has 0 saturated carbocycles. The van der Waals surface area contributed by atoms with Crippen molar-refractivity contribution in [2.45, 2.75) is 0 Å². The first-order valence-corrected chi connectivity index (χ1v) is 19.3. The minimum Gasteiger partial charge on any atom is -0.309 e. The topological polar surface area (TPSA) is 52.9 Å². The van der Waals surface area contributed by atoms with E-state index in [0.29, 0.717) is 17.6 Å². The molecular formula is C51H30N6. The lowest BCUT2D eigenvalue weighted by molar-refractivity contribution is 0.953. The van der Waals surface area contributed by atoms with Gasteiger partial charge in [0.1, 0.15) is 0 Å². The Kier molecular flexibility index (Phi) is 6.07. The highest BCUT2D eigenvalue weighted by molar-refractivity contribution is 6.29. The summed E-state index contributed by atoms with van der Waals surface area (Å²) in [6, 6.07) is 64.7. The number of benzene rings is 8. The summed E-state index contributed by atoms with van der Waals surface area (Å²) in [7, 11) is 0. The van der Waals surface area contributed by atoms with E-state index in [9.17, 15) is 0 Å². The second-order valence-corrected chi connectivity index (χ2v) is 14.8. The summed E-state index contributed by atoms with van der Waals surface area (Å²) in [5, 5.41) is 9.77. The van der Waals surface area contributed by atoms with Crippen LogP contribution in [0.5, 0.6) is 0 Å². The van der Waals surface area contributed by atoms with E-state index >= 15 is 0 Å². The van der Waals surface area contributed by atoms with Crippen LogP contribution in [0.15, 0.2) is 182 Å². The first kappa shape index (κ1) is 30.5. The molecular weight excluding hydrogens is 697 g/mol. The van der Waals surface area contributed by atoms with Gasteiger partial charge >= 0.3 is 0 Å². The standard InChI is InChI=1S/C51H30N6/c1-3-15-31(16-4-1)49-52-50(32-17-5-2-6-18-32)54-51(53-49)57-43-26-14-10-22-37(43)47-45(57)28-27-44-46(47)36-21-9-13-25-42(36)55(44)33-29-38-34-19-7-11-23-40(34)56-41-24-12-8-20-35(41)39(30-33)48(38)56/h1-30H. The molecule has 0 spiro atoms. The smallest absolute Gasteiger partial charge is 0.238 e. The molecule has 0 bridgehead atoms. The van der Waals surface area contributed by atoms with E-state index in [1.807, 2.05) is 36.4 Å². The van der Waals surface area contributed by atoms with E-state index in [-0.39, 0.29) is 0 Å². The molecule has 0 saturated heterocycles. The van der Waals surface area contributed by atoms with Crippen molar-refractivity contribution >= 4 is 81.7 Å². The molecule has 0 unspecified atom stereocenters. The van der Waals surface area contributed by atoms with Crippen molar-refractivity contribution in [2.24, 2.45) is 0 Å². The molecule has 6 heteroatoms. The van der Waals surface area contributed by atoms with Gasteiger partial charge in [-0.3, -0.25) is 4.57 Å². The average molecular weight is 727 g/mol. The first-order chi connectivity index (χ1) is 28.3. The van der Waals surface area contributed by atoms with Gasteiger partial charge in [-0.15, -0.1) is 0 Å². The molecule has 6 nitrogen and oxygen atoms in total. The number of hydrogen-bond acceptors (Lipinski definition) is 3. The Morgan fingerprint density at radius 1 is 0.316 bits per heavy atom. The van der Waals surface area contributed by atoms with E-state index in [0.717, 1.165) is 44.3 Å². The summed E-state index contributed by atoms with van der Waals surface area (Å²) >= 11 is 0. The van der Waals surface area contributed by atoms with Crippen molar-refractivity contribution in [3.63, 3.8) is 0 Å². The lowest BCUT2D eigenvalue weighted by atomic mass is 10.1. The number of aromatic nitrogens is 6. The van der Waals surface area contributed by atoms with Crippen LogP contribution in [0.4, 0.5) is 0 Å². The number of fused-ring (bicyclic) bond motifs is 13. The molecule has 5 heterocycles. The molecule has 0 aliphatic heterocycles. The van der Waals surface area contributed by atoms with Gasteiger partial charge in [0, 0.05) is 59.9 Å². The molecule has 57 heavy (non-hydrogen) atoms. The fraction of sp³-hybridized carbons (Fsp3) is 0. The fourth-order valence-electron chi connectivity index (χ4n) is 9.47. The normalized spacial score (nSPS) is 12.2. The van der Waals surface area contributed by atoms with Gasteiger partial charge in [0.2, 0.25) is 5.95 Å². The molecule has 0 aliphatic carbocycles. The summed E-state index contributed by atoms with van der Waals surface area (Å²) in [6.07, 6.45) is 0. The molecule has 8 aromatic carbocycles. The summed E-state index contributed by atoms with van der Waals surface area (Å²) < 4.78 is 7.12. The van der Waals surface area contributed by atoms with E-state index < -0.39 is 0 Å². The quantitative estimate of drug-likeness (QED) is 0.181. The van der Waals surface area contributed by atoms with Crippen LogP contribution in [0.1, 0.15) is 0 Å². The van der Waals surface area contributed by atoms with E-state index in [1.165, 1.54) is 54.3 Å². The third-order valence-electron chi connectivity index (χ3n) is 11.8. The third kappa shape index (κ3) is 4.16. The van der Waals surface area contributed by atoms with E-state index in [1.54, 1.807) is 0 Å². The lowest BCUT2D eigenvalue weighted by Crippen LogP contribution is -2.06. The van der Waals surface area contributed by atoms with Crippen molar-refractivity contribution in [3.8, 4) is 34.4 Å². The van der Waals surface area contributed by atoms with Gasteiger partial charge in [-0.25, -0.2) is 4.98 Å². The van der Waals surface area contributed by atoms with Gasteiger partial charge in [-0.05, 0) is 48.5 Å². The number of rotatable bonds is 4. The Hall–Kier alpha value is -7.83.